The Kier molecular flexibility index (Phi) is 3.80. The Morgan fingerprint density at radius 2 is 1.76 bits per heavy atom. The van der Waals surface area contributed by atoms with E-state index in [9.17, 15) is 9.90 Å². The number of phenolic OH excluding ortho intramolecular Hbond substituents is 1. The van der Waals surface area contributed by atoms with Crippen molar-refractivity contribution in [3.63, 3.8) is 0 Å². The van der Waals surface area contributed by atoms with Crippen molar-refractivity contribution < 1.29 is 15.0 Å². The summed E-state index contributed by atoms with van der Waals surface area (Å²) < 4.78 is 0. The van der Waals surface area contributed by atoms with Gasteiger partial charge in [0.1, 0.15) is 5.75 Å². The summed E-state index contributed by atoms with van der Waals surface area (Å²) in [6, 6.07) is 11.5. The molecule has 1 fully saturated rings. The second-order valence-electron chi connectivity index (χ2n) is 5.68. The number of phenols is 1. The minimum atomic E-state index is -0.676. The third-order valence-corrected chi connectivity index (χ3v) is 4.32. The number of hydrogen-bond acceptors (Lipinski definition) is 3. The van der Waals surface area contributed by atoms with Crippen LogP contribution in [0.15, 0.2) is 36.4 Å². The molecule has 1 saturated heterocycles. The van der Waals surface area contributed by atoms with Gasteiger partial charge in [0.15, 0.2) is 0 Å². The summed E-state index contributed by atoms with van der Waals surface area (Å²) in [5, 5.41) is 20.9. The van der Waals surface area contributed by atoms with Gasteiger partial charge in [-0.2, -0.15) is 0 Å². The van der Waals surface area contributed by atoms with Crippen molar-refractivity contribution in [2.75, 3.05) is 13.1 Å². The fourth-order valence-corrected chi connectivity index (χ4v) is 3.08. The second-order valence-corrected chi connectivity index (χ2v) is 5.68. The molecule has 1 aliphatic heterocycles. The van der Waals surface area contributed by atoms with Crippen LogP contribution in [0.1, 0.15) is 18.4 Å². The number of hydrogen-bond donors (Lipinski definition) is 2. The normalized spacial score (nSPS) is 17.1. The van der Waals surface area contributed by atoms with Gasteiger partial charge in [-0.3, -0.25) is 9.69 Å². The first-order valence-corrected chi connectivity index (χ1v) is 7.30. The average molecular weight is 285 g/mol. The van der Waals surface area contributed by atoms with E-state index in [-0.39, 0.29) is 5.92 Å². The zero-order chi connectivity index (χ0) is 14.8. The standard InChI is InChI=1S/C17H19NO3/c19-16-6-2-4-14-13(3-1-5-15(14)16)11-18-9-7-12(8-10-18)17(20)21/h1-6,12,19H,7-11H2,(H,20,21). The lowest BCUT2D eigenvalue weighted by atomic mass is 9.96. The molecule has 1 heterocycles. The van der Waals surface area contributed by atoms with E-state index >= 15 is 0 Å². The summed E-state index contributed by atoms with van der Waals surface area (Å²) >= 11 is 0. The maximum Gasteiger partial charge on any atom is 0.306 e. The van der Waals surface area contributed by atoms with Crippen LogP contribution in [-0.2, 0) is 11.3 Å². The van der Waals surface area contributed by atoms with E-state index in [0.29, 0.717) is 18.6 Å². The maximum absolute atomic E-state index is 11.0. The third kappa shape index (κ3) is 2.85. The second kappa shape index (κ2) is 5.74. The molecule has 4 heteroatoms. The van der Waals surface area contributed by atoms with Crippen LogP contribution in [-0.4, -0.2) is 34.2 Å². The fraction of sp³-hybridized carbons (Fsp3) is 0.353. The number of aromatic hydroxyl groups is 1. The van der Waals surface area contributed by atoms with Gasteiger partial charge in [0.05, 0.1) is 5.92 Å². The van der Waals surface area contributed by atoms with Gasteiger partial charge in [-0.25, -0.2) is 0 Å². The van der Waals surface area contributed by atoms with Gasteiger partial charge in [0, 0.05) is 11.9 Å². The zero-order valence-corrected chi connectivity index (χ0v) is 11.8. The van der Waals surface area contributed by atoms with Gasteiger partial charge >= 0.3 is 5.97 Å². The number of carbonyl (C=O) groups is 1. The van der Waals surface area contributed by atoms with E-state index < -0.39 is 5.97 Å². The first kappa shape index (κ1) is 13.9. The van der Waals surface area contributed by atoms with Gasteiger partial charge in [0.2, 0.25) is 0 Å². The number of nitrogens with zero attached hydrogens (tertiary/aromatic N) is 1. The molecule has 0 bridgehead atoms. The number of benzene rings is 2. The van der Waals surface area contributed by atoms with E-state index in [4.69, 9.17) is 5.11 Å². The van der Waals surface area contributed by atoms with Crippen molar-refractivity contribution >= 4 is 16.7 Å². The van der Waals surface area contributed by atoms with Gasteiger partial charge < -0.3 is 10.2 Å². The summed E-state index contributed by atoms with van der Waals surface area (Å²) in [6.07, 6.45) is 1.43. The molecule has 0 amide bonds. The van der Waals surface area contributed by atoms with E-state index in [0.717, 1.165) is 30.4 Å². The van der Waals surface area contributed by atoms with E-state index in [2.05, 4.69) is 11.0 Å². The number of fused-ring (bicyclic) bond motifs is 1. The van der Waals surface area contributed by atoms with E-state index in [1.54, 1.807) is 6.07 Å². The Balaban J connectivity index is 1.77. The number of carboxylic acids is 1. The molecule has 2 aromatic carbocycles. The monoisotopic (exact) mass is 285 g/mol. The predicted molar refractivity (Wildman–Crippen MR) is 81.2 cm³/mol. The lowest BCUT2D eigenvalue weighted by molar-refractivity contribution is -0.143. The molecule has 0 saturated carbocycles. The van der Waals surface area contributed by atoms with Crippen molar-refractivity contribution in [3.05, 3.63) is 42.0 Å². The van der Waals surface area contributed by atoms with Crippen LogP contribution in [0.2, 0.25) is 0 Å². The minimum Gasteiger partial charge on any atom is -0.507 e. The molecular formula is C17H19NO3. The van der Waals surface area contributed by atoms with Crippen LogP contribution in [0.25, 0.3) is 10.8 Å². The van der Waals surface area contributed by atoms with Crippen LogP contribution in [0.3, 0.4) is 0 Å². The summed E-state index contributed by atoms with van der Waals surface area (Å²) in [7, 11) is 0. The molecule has 0 unspecified atom stereocenters. The summed E-state index contributed by atoms with van der Waals surface area (Å²) in [5.41, 5.74) is 1.18. The number of likely N-dealkylation sites (tertiary alicyclic amines) is 1. The topological polar surface area (TPSA) is 60.8 Å². The van der Waals surface area contributed by atoms with Gasteiger partial charge in [0.25, 0.3) is 0 Å². The Labute approximate surface area is 123 Å². The molecule has 0 aromatic heterocycles. The highest BCUT2D eigenvalue weighted by Crippen LogP contribution is 2.28. The molecule has 21 heavy (non-hydrogen) atoms. The van der Waals surface area contributed by atoms with Crippen LogP contribution in [0.4, 0.5) is 0 Å². The van der Waals surface area contributed by atoms with Gasteiger partial charge in [-0.05, 0) is 42.9 Å². The average Bonchev–Trinajstić information content (AvgIpc) is 2.49. The molecule has 2 aromatic rings. The Morgan fingerprint density at radius 3 is 2.48 bits per heavy atom. The summed E-state index contributed by atoms with van der Waals surface area (Å²) in [4.78, 5) is 13.3. The molecule has 3 rings (SSSR count). The molecule has 0 radical (unpaired) electrons. The number of carboxylic acid groups (broad SMARTS) is 1. The van der Waals surface area contributed by atoms with Gasteiger partial charge in [-0.15, -0.1) is 0 Å². The fourth-order valence-electron chi connectivity index (χ4n) is 3.08. The largest absolute Gasteiger partial charge is 0.507 e. The highest BCUT2D eigenvalue weighted by molar-refractivity contribution is 5.90. The molecule has 0 aliphatic carbocycles. The van der Waals surface area contributed by atoms with E-state index in [1.807, 2.05) is 24.3 Å². The Morgan fingerprint density at radius 1 is 1.10 bits per heavy atom. The lowest BCUT2D eigenvalue weighted by Gasteiger charge is -2.30. The number of aliphatic carboxylic acids is 1. The molecule has 1 aliphatic rings. The Bertz CT molecular complexity index is 660. The minimum absolute atomic E-state index is 0.196. The summed E-state index contributed by atoms with van der Waals surface area (Å²) in [5.74, 6) is -0.568. The van der Waals surface area contributed by atoms with Crippen LogP contribution < -0.4 is 0 Å². The lowest BCUT2D eigenvalue weighted by Crippen LogP contribution is -2.35. The first-order chi connectivity index (χ1) is 10.1. The van der Waals surface area contributed by atoms with Crippen molar-refractivity contribution in [3.8, 4) is 5.75 Å². The highest BCUT2D eigenvalue weighted by atomic mass is 16.4. The molecule has 0 atom stereocenters. The van der Waals surface area contributed by atoms with Crippen LogP contribution >= 0.6 is 0 Å². The van der Waals surface area contributed by atoms with Crippen LogP contribution in [0.5, 0.6) is 5.75 Å². The van der Waals surface area contributed by atoms with E-state index in [1.165, 1.54) is 5.56 Å². The summed E-state index contributed by atoms with van der Waals surface area (Å²) in [6.45, 7) is 2.42. The molecular weight excluding hydrogens is 266 g/mol. The first-order valence-electron chi connectivity index (χ1n) is 7.30. The van der Waals surface area contributed by atoms with Crippen molar-refractivity contribution in [2.24, 2.45) is 5.92 Å². The predicted octanol–water partition coefficient (Wildman–Crippen LogP) is 2.84. The van der Waals surface area contributed by atoms with Crippen molar-refractivity contribution in [2.45, 2.75) is 19.4 Å². The maximum atomic E-state index is 11.0. The highest BCUT2D eigenvalue weighted by Gasteiger charge is 2.24. The molecule has 0 spiro atoms. The SMILES string of the molecule is O=C(O)C1CCN(Cc2cccc3c(O)cccc23)CC1. The zero-order valence-electron chi connectivity index (χ0n) is 11.8. The molecule has 4 nitrogen and oxygen atoms in total. The molecule has 110 valence electrons. The quantitative estimate of drug-likeness (QED) is 0.910. The molecule has 2 N–H and O–H groups in total. The van der Waals surface area contributed by atoms with Crippen molar-refractivity contribution in [1.82, 2.24) is 4.90 Å². The number of rotatable bonds is 3. The number of piperidine rings is 1. The van der Waals surface area contributed by atoms with Crippen LogP contribution in [0, 0.1) is 5.92 Å². The Hall–Kier alpha value is -2.07. The third-order valence-electron chi connectivity index (χ3n) is 4.32. The van der Waals surface area contributed by atoms with Gasteiger partial charge in [-0.1, -0.05) is 30.3 Å². The smallest absolute Gasteiger partial charge is 0.306 e. The van der Waals surface area contributed by atoms with Crippen molar-refractivity contribution in [1.29, 1.82) is 0 Å².